The standard InChI is InChI=1S/C19H26N2O2S/c1-13(2)23-18-9-7-16(8-10-18)6-5-14(3)20-19(22)11-17-12-24-15(4)21-17/h7-10,12-14H,5-6,11H2,1-4H3,(H,20,22). The number of nitrogens with zero attached hydrogens (tertiary/aromatic N) is 1. The van der Waals surface area contributed by atoms with Crippen molar-refractivity contribution in [2.24, 2.45) is 0 Å². The molecule has 0 bridgehead atoms. The van der Waals surface area contributed by atoms with Crippen LogP contribution < -0.4 is 10.1 Å². The molecule has 0 spiro atoms. The van der Waals surface area contributed by atoms with Crippen LogP contribution in [0.1, 0.15) is 43.5 Å². The second kappa shape index (κ2) is 8.83. The molecule has 1 unspecified atom stereocenters. The lowest BCUT2D eigenvalue weighted by Crippen LogP contribution is -2.34. The Morgan fingerprint density at radius 2 is 1.96 bits per heavy atom. The van der Waals surface area contributed by atoms with Gasteiger partial charge in [0.25, 0.3) is 0 Å². The van der Waals surface area contributed by atoms with E-state index in [1.807, 2.05) is 45.2 Å². The first-order valence-electron chi connectivity index (χ1n) is 8.38. The molecule has 130 valence electrons. The van der Waals surface area contributed by atoms with E-state index in [-0.39, 0.29) is 18.1 Å². The molecule has 0 radical (unpaired) electrons. The molecular weight excluding hydrogens is 320 g/mol. The van der Waals surface area contributed by atoms with Gasteiger partial charge in [-0.15, -0.1) is 11.3 Å². The highest BCUT2D eigenvalue weighted by molar-refractivity contribution is 7.09. The Labute approximate surface area is 148 Å². The fraction of sp³-hybridized carbons (Fsp3) is 0.474. The van der Waals surface area contributed by atoms with Crippen molar-refractivity contribution < 1.29 is 9.53 Å². The number of benzene rings is 1. The summed E-state index contributed by atoms with van der Waals surface area (Å²) in [5.74, 6) is 0.933. The van der Waals surface area contributed by atoms with Crippen molar-refractivity contribution in [2.45, 2.75) is 59.1 Å². The number of thiazole rings is 1. The minimum Gasteiger partial charge on any atom is -0.491 e. The van der Waals surface area contributed by atoms with E-state index < -0.39 is 0 Å². The van der Waals surface area contributed by atoms with Crippen LogP contribution in [0.2, 0.25) is 0 Å². The zero-order valence-electron chi connectivity index (χ0n) is 14.8. The van der Waals surface area contributed by atoms with Gasteiger partial charge in [-0.05, 0) is 58.2 Å². The average Bonchev–Trinajstić information content (AvgIpc) is 2.91. The van der Waals surface area contributed by atoms with Crippen LogP contribution in [0.3, 0.4) is 0 Å². The van der Waals surface area contributed by atoms with E-state index in [1.165, 1.54) is 5.56 Å². The van der Waals surface area contributed by atoms with Crippen molar-refractivity contribution in [1.29, 1.82) is 0 Å². The van der Waals surface area contributed by atoms with Gasteiger partial charge in [-0.2, -0.15) is 0 Å². The minimum absolute atomic E-state index is 0.0356. The van der Waals surface area contributed by atoms with Crippen LogP contribution in [0, 0.1) is 6.92 Å². The van der Waals surface area contributed by atoms with Gasteiger partial charge in [-0.25, -0.2) is 4.98 Å². The van der Waals surface area contributed by atoms with Crippen LogP contribution in [0.5, 0.6) is 5.75 Å². The van der Waals surface area contributed by atoms with Crippen molar-refractivity contribution in [3.63, 3.8) is 0 Å². The maximum atomic E-state index is 12.0. The number of nitrogens with one attached hydrogen (secondary N) is 1. The first-order valence-corrected chi connectivity index (χ1v) is 9.26. The number of aryl methyl sites for hydroxylation is 2. The molecule has 0 saturated carbocycles. The van der Waals surface area contributed by atoms with E-state index in [1.54, 1.807) is 11.3 Å². The SMILES string of the molecule is Cc1nc(CC(=O)NC(C)CCc2ccc(OC(C)C)cc2)cs1. The Hall–Kier alpha value is -1.88. The van der Waals surface area contributed by atoms with Gasteiger partial charge >= 0.3 is 0 Å². The Morgan fingerprint density at radius 1 is 1.25 bits per heavy atom. The smallest absolute Gasteiger partial charge is 0.226 e. The summed E-state index contributed by atoms with van der Waals surface area (Å²) in [6, 6.07) is 8.32. The molecule has 0 aliphatic rings. The molecule has 0 fully saturated rings. The van der Waals surface area contributed by atoms with Gasteiger partial charge in [0.15, 0.2) is 0 Å². The third-order valence-electron chi connectivity index (χ3n) is 3.58. The van der Waals surface area contributed by atoms with E-state index >= 15 is 0 Å². The van der Waals surface area contributed by atoms with Gasteiger partial charge in [0.2, 0.25) is 5.91 Å². The molecule has 24 heavy (non-hydrogen) atoms. The van der Waals surface area contributed by atoms with E-state index in [4.69, 9.17) is 4.74 Å². The highest BCUT2D eigenvalue weighted by Crippen LogP contribution is 2.15. The molecule has 1 aromatic heterocycles. The van der Waals surface area contributed by atoms with E-state index in [2.05, 4.69) is 22.4 Å². The first kappa shape index (κ1) is 18.5. The summed E-state index contributed by atoms with van der Waals surface area (Å²) in [6.45, 7) is 8.03. The van der Waals surface area contributed by atoms with Gasteiger partial charge < -0.3 is 10.1 Å². The van der Waals surface area contributed by atoms with E-state index in [0.29, 0.717) is 6.42 Å². The quantitative estimate of drug-likeness (QED) is 0.788. The van der Waals surface area contributed by atoms with Crippen LogP contribution in [-0.2, 0) is 17.6 Å². The lowest BCUT2D eigenvalue weighted by atomic mass is 10.1. The van der Waals surface area contributed by atoms with Crippen LogP contribution in [0.25, 0.3) is 0 Å². The monoisotopic (exact) mass is 346 g/mol. The number of carbonyl (C=O) groups excluding carboxylic acids is 1. The molecule has 0 saturated heterocycles. The molecule has 2 rings (SSSR count). The fourth-order valence-corrected chi connectivity index (χ4v) is 3.05. The van der Waals surface area contributed by atoms with Gasteiger partial charge in [0.1, 0.15) is 5.75 Å². The molecule has 0 aliphatic carbocycles. The lowest BCUT2D eigenvalue weighted by Gasteiger charge is -2.14. The Balaban J connectivity index is 1.74. The topological polar surface area (TPSA) is 51.2 Å². The second-order valence-electron chi connectivity index (χ2n) is 6.35. The second-order valence-corrected chi connectivity index (χ2v) is 7.41. The van der Waals surface area contributed by atoms with Gasteiger partial charge in [0.05, 0.1) is 23.2 Å². The predicted molar refractivity (Wildman–Crippen MR) is 98.7 cm³/mol. The molecule has 1 heterocycles. The maximum Gasteiger partial charge on any atom is 0.226 e. The number of rotatable bonds is 8. The summed E-state index contributed by atoms with van der Waals surface area (Å²) in [5.41, 5.74) is 2.10. The zero-order valence-corrected chi connectivity index (χ0v) is 15.7. The van der Waals surface area contributed by atoms with Crippen molar-refractivity contribution in [3.05, 3.63) is 45.9 Å². The van der Waals surface area contributed by atoms with Crippen molar-refractivity contribution in [1.82, 2.24) is 10.3 Å². The molecule has 4 nitrogen and oxygen atoms in total. The van der Waals surface area contributed by atoms with Crippen LogP contribution in [0.4, 0.5) is 0 Å². The molecule has 0 aliphatic heterocycles. The number of aromatic nitrogens is 1. The summed E-state index contributed by atoms with van der Waals surface area (Å²) in [7, 11) is 0. The molecular formula is C19H26N2O2S. The number of amides is 1. The number of hydrogen-bond donors (Lipinski definition) is 1. The number of hydrogen-bond acceptors (Lipinski definition) is 4. The molecule has 1 amide bonds. The molecule has 1 aromatic carbocycles. The van der Waals surface area contributed by atoms with Crippen LogP contribution in [0.15, 0.2) is 29.6 Å². The first-order chi connectivity index (χ1) is 11.4. The average molecular weight is 346 g/mol. The number of ether oxygens (including phenoxy) is 1. The predicted octanol–water partition coefficient (Wildman–Crippen LogP) is 3.92. The summed E-state index contributed by atoms with van der Waals surface area (Å²) < 4.78 is 5.64. The third-order valence-corrected chi connectivity index (χ3v) is 4.40. The van der Waals surface area contributed by atoms with Crippen LogP contribution in [-0.4, -0.2) is 23.0 Å². The number of carbonyl (C=O) groups is 1. The third kappa shape index (κ3) is 6.32. The van der Waals surface area contributed by atoms with Gasteiger partial charge in [-0.1, -0.05) is 12.1 Å². The van der Waals surface area contributed by atoms with E-state index in [0.717, 1.165) is 29.3 Å². The summed E-state index contributed by atoms with van der Waals surface area (Å²) in [5, 5.41) is 5.99. The van der Waals surface area contributed by atoms with E-state index in [9.17, 15) is 4.79 Å². The van der Waals surface area contributed by atoms with Gasteiger partial charge in [0, 0.05) is 11.4 Å². The Morgan fingerprint density at radius 3 is 2.54 bits per heavy atom. The van der Waals surface area contributed by atoms with Crippen LogP contribution >= 0.6 is 11.3 Å². The van der Waals surface area contributed by atoms with Crippen molar-refractivity contribution >= 4 is 17.2 Å². The molecule has 5 heteroatoms. The normalized spacial score (nSPS) is 12.2. The Kier molecular flexibility index (Phi) is 6.79. The molecule has 2 aromatic rings. The van der Waals surface area contributed by atoms with Gasteiger partial charge in [-0.3, -0.25) is 4.79 Å². The minimum atomic E-state index is 0.0356. The molecule has 1 atom stereocenters. The highest BCUT2D eigenvalue weighted by Gasteiger charge is 2.10. The largest absolute Gasteiger partial charge is 0.491 e. The summed E-state index contributed by atoms with van der Waals surface area (Å²) >= 11 is 1.58. The Bertz CT molecular complexity index is 650. The molecule has 1 N–H and O–H groups in total. The van der Waals surface area contributed by atoms with Crippen molar-refractivity contribution in [2.75, 3.05) is 0 Å². The summed E-state index contributed by atoms with van der Waals surface area (Å²) in [4.78, 5) is 16.4. The van der Waals surface area contributed by atoms with Crippen molar-refractivity contribution in [3.8, 4) is 5.75 Å². The maximum absolute atomic E-state index is 12.0. The fourth-order valence-electron chi connectivity index (χ4n) is 2.44. The summed E-state index contributed by atoms with van der Waals surface area (Å²) in [6.07, 6.45) is 2.38. The lowest BCUT2D eigenvalue weighted by molar-refractivity contribution is -0.121. The zero-order chi connectivity index (χ0) is 17.5. The highest BCUT2D eigenvalue weighted by atomic mass is 32.1.